The lowest BCUT2D eigenvalue weighted by Gasteiger charge is -2.20. The maximum Gasteiger partial charge on any atom is 0.175 e. The Hall–Kier alpha value is -1.53. The predicted octanol–water partition coefficient (Wildman–Crippen LogP) is 2.67. The van der Waals surface area contributed by atoms with Crippen molar-refractivity contribution in [2.75, 3.05) is 19.8 Å². The minimum absolute atomic E-state index is 0.607. The van der Waals surface area contributed by atoms with Gasteiger partial charge in [0.05, 0.1) is 4.47 Å². The Morgan fingerprint density at radius 3 is 3.05 bits per heavy atom. The molecule has 2 N–H and O–H groups in total. The van der Waals surface area contributed by atoms with Gasteiger partial charge in [-0.05, 0) is 46.6 Å². The van der Waals surface area contributed by atoms with E-state index in [2.05, 4.69) is 37.3 Å². The summed E-state index contributed by atoms with van der Waals surface area (Å²) in [5.41, 5.74) is 1.18. The third-order valence-electron chi connectivity index (χ3n) is 3.31. The number of rotatable bonds is 6. The number of benzene rings is 1. The van der Waals surface area contributed by atoms with Crippen LogP contribution in [0.25, 0.3) is 0 Å². The average molecular weight is 352 g/mol. The van der Waals surface area contributed by atoms with Crippen LogP contribution in [0.3, 0.4) is 0 Å². The Balaban J connectivity index is 1.48. The van der Waals surface area contributed by atoms with Gasteiger partial charge in [-0.1, -0.05) is 0 Å². The first-order chi connectivity index (χ1) is 10.3. The molecule has 2 heterocycles. The minimum atomic E-state index is 0.607. The Morgan fingerprint density at radius 2 is 2.19 bits per heavy atom. The van der Waals surface area contributed by atoms with Gasteiger partial charge in [-0.2, -0.15) is 0 Å². The van der Waals surface area contributed by atoms with E-state index in [9.17, 15) is 0 Å². The molecule has 0 saturated carbocycles. The molecule has 2 aromatic rings. The van der Waals surface area contributed by atoms with Gasteiger partial charge in [0, 0.05) is 25.4 Å². The Morgan fingerprint density at radius 1 is 1.29 bits per heavy atom. The lowest BCUT2D eigenvalue weighted by molar-refractivity contribution is 0.170. The zero-order valence-corrected chi connectivity index (χ0v) is 13.3. The Kier molecular flexibility index (Phi) is 4.77. The maximum absolute atomic E-state index is 5.63. The number of ether oxygens (including phenoxy) is 2. The summed E-state index contributed by atoms with van der Waals surface area (Å²) in [5, 5.41) is 3.44. The number of aryl methyl sites for hydroxylation is 1. The molecule has 0 fully saturated rings. The second-order valence-corrected chi connectivity index (χ2v) is 5.77. The molecule has 0 bridgehead atoms. The number of aromatic amines is 1. The van der Waals surface area contributed by atoms with E-state index in [1.54, 1.807) is 6.20 Å². The number of aromatic nitrogens is 2. The van der Waals surface area contributed by atoms with E-state index in [1.807, 2.05) is 12.3 Å². The highest BCUT2D eigenvalue weighted by atomic mass is 79.9. The fraction of sp³-hybridized carbons (Fsp3) is 0.400. The van der Waals surface area contributed by atoms with Crippen LogP contribution in [-0.4, -0.2) is 29.7 Å². The van der Waals surface area contributed by atoms with Gasteiger partial charge in [-0.25, -0.2) is 4.98 Å². The third kappa shape index (κ3) is 3.77. The molecule has 0 spiro atoms. The predicted molar refractivity (Wildman–Crippen MR) is 83.7 cm³/mol. The van der Waals surface area contributed by atoms with Crippen LogP contribution in [0.15, 0.2) is 29.0 Å². The zero-order valence-electron chi connectivity index (χ0n) is 11.7. The number of hydrogen-bond acceptors (Lipinski definition) is 4. The second kappa shape index (κ2) is 6.95. The summed E-state index contributed by atoms with van der Waals surface area (Å²) in [6.45, 7) is 2.98. The molecule has 0 radical (unpaired) electrons. The van der Waals surface area contributed by atoms with E-state index in [1.165, 1.54) is 5.56 Å². The summed E-state index contributed by atoms with van der Waals surface area (Å²) in [5.74, 6) is 2.67. The molecule has 6 heteroatoms. The molecular weight excluding hydrogens is 334 g/mol. The molecule has 3 rings (SSSR count). The number of nitrogens with one attached hydrogen (secondary N) is 2. The highest BCUT2D eigenvalue weighted by Gasteiger charge is 2.16. The molecule has 5 nitrogen and oxygen atoms in total. The number of H-pyrrole nitrogens is 1. The summed E-state index contributed by atoms with van der Waals surface area (Å²) in [4.78, 5) is 7.32. The third-order valence-corrected chi connectivity index (χ3v) is 3.90. The van der Waals surface area contributed by atoms with E-state index >= 15 is 0 Å². The van der Waals surface area contributed by atoms with E-state index in [0.717, 1.165) is 47.7 Å². The molecule has 1 aromatic heterocycles. The summed E-state index contributed by atoms with van der Waals surface area (Å²) in [6, 6.07) is 4.12. The van der Waals surface area contributed by atoms with Crippen molar-refractivity contribution in [3.63, 3.8) is 0 Å². The lowest BCUT2D eigenvalue weighted by Crippen LogP contribution is -2.18. The van der Waals surface area contributed by atoms with Crippen molar-refractivity contribution in [2.24, 2.45) is 0 Å². The van der Waals surface area contributed by atoms with Crippen molar-refractivity contribution in [1.29, 1.82) is 0 Å². The van der Waals surface area contributed by atoms with Gasteiger partial charge in [-0.15, -0.1) is 0 Å². The molecular formula is C15H18BrN3O2. The number of hydrogen-bond donors (Lipinski definition) is 2. The van der Waals surface area contributed by atoms with Crippen LogP contribution in [0.2, 0.25) is 0 Å². The highest BCUT2D eigenvalue weighted by molar-refractivity contribution is 9.10. The van der Waals surface area contributed by atoms with Gasteiger partial charge in [0.15, 0.2) is 11.5 Å². The van der Waals surface area contributed by atoms with E-state index < -0.39 is 0 Å². The fourth-order valence-corrected chi connectivity index (χ4v) is 2.92. The Bertz CT molecular complexity index is 587. The molecule has 1 aromatic carbocycles. The molecule has 0 amide bonds. The molecule has 0 saturated heterocycles. The van der Waals surface area contributed by atoms with Crippen LogP contribution in [0.5, 0.6) is 11.5 Å². The van der Waals surface area contributed by atoms with Gasteiger partial charge in [0.25, 0.3) is 0 Å². The van der Waals surface area contributed by atoms with Gasteiger partial charge in [0.2, 0.25) is 0 Å². The lowest BCUT2D eigenvalue weighted by atomic mass is 10.2. The van der Waals surface area contributed by atoms with Crippen LogP contribution in [0.1, 0.15) is 17.8 Å². The van der Waals surface area contributed by atoms with Crippen LogP contribution in [0, 0.1) is 0 Å². The smallest absolute Gasteiger partial charge is 0.175 e. The van der Waals surface area contributed by atoms with Crippen LogP contribution >= 0.6 is 15.9 Å². The van der Waals surface area contributed by atoms with Crippen molar-refractivity contribution < 1.29 is 9.47 Å². The zero-order chi connectivity index (χ0) is 14.5. The van der Waals surface area contributed by atoms with Crippen molar-refractivity contribution >= 4 is 15.9 Å². The van der Waals surface area contributed by atoms with Crippen molar-refractivity contribution in [1.82, 2.24) is 15.3 Å². The van der Waals surface area contributed by atoms with Crippen LogP contribution in [0.4, 0.5) is 0 Å². The molecule has 1 aliphatic heterocycles. The molecule has 21 heavy (non-hydrogen) atoms. The number of fused-ring (bicyclic) bond motifs is 1. The number of halogens is 1. The van der Waals surface area contributed by atoms with Gasteiger partial charge >= 0.3 is 0 Å². The first-order valence-electron chi connectivity index (χ1n) is 7.10. The van der Waals surface area contributed by atoms with E-state index in [0.29, 0.717) is 13.2 Å². The van der Waals surface area contributed by atoms with Gasteiger partial charge in [-0.3, -0.25) is 0 Å². The van der Waals surface area contributed by atoms with Crippen LogP contribution < -0.4 is 14.8 Å². The molecule has 0 aliphatic carbocycles. The minimum Gasteiger partial charge on any atom is -0.486 e. The molecule has 1 aliphatic rings. The van der Waals surface area contributed by atoms with Gasteiger partial charge in [0.1, 0.15) is 19.0 Å². The van der Waals surface area contributed by atoms with Crippen LogP contribution in [-0.2, 0) is 13.0 Å². The fourth-order valence-electron chi connectivity index (χ4n) is 2.31. The average Bonchev–Trinajstić information content (AvgIpc) is 3.00. The summed E-state index contributed by atoms with van der Waals surface area (Å²) in [6.07, 6.45) is 5.66. The largest absolute Gasteiger partial charge is 0.486 e. The van der Waals surface area contributed by atoms with Crippen molar-refractivity contribution in [2.45, 2.75) is 19.4 Å². The van der Waals surface area contributed by atoms with Crippen molar-refractivity contribution in [3.8, 4) is 11.5 Å². The Labute approximate surface area is 132 Å². The standard InChI is InChI=1S/C15H18BrN3O2/c16-12-8-11(9-13-15(12)21-7-6-20-13)10-17-3-1-2-14-18-4-5-19-14/h4-5,8-9,17H,1-3,6-7,10H2,(H,18,19). The summed E-state index contributed by atoms with van der Waals surface area (Å²) >= 11 is 3.54. The molecule has 0 unspecified atom stereocenters. The highest BCUT2D eigenvalue weighted by Crippen LogP contribution is 2.38. The number of imidazole rings is 1. The van der Waals surface area contributed by atoms with E-state index in [-0.39, 0.29) is 0 Å². The first-order valence-corrected chi connectivity index (χ1v) is 7.89. The SMILES string of the molecule is Brc1cc(CNCCCc2ncc[nH]2)cc2c1OCCO2. The number of nitrogens with zero attached hydrogens (tertiary/aromatic N) is 1. The van der Waals surface area contributed by atoms with Crippen molar-refractivity contribution in [3.05, 3.63) is 40.4 Å². The topological polar surface area (TPSA) is 59.2 Å². The monoisotopic (exact) mass is 351 g/mol. The summed E-state index contributed by atoms with van der Waals surface area (Å²) in [7, 11) is 0. The van der Waals surface area contributed by atoms with E-state index in [4.69, 9.17) is 9.47 Å². The molecule has 0 atom stereocenters. The quantitative estimate of drug-likeness (QED) is 0.785. The van der Waals surface area contributed by atoms with Gasteiger partial charge < -0.3 is 19.8 Å². The molecule has 112 valence electrons. The maximum atomic E-state index is 5.63. The summed E-state index contributed by atoms with van der Waals surface area (Å²) < 4.78 is 12.2. The normalized spacial score (nSPS) is 13.4. The second-order valence-electron chi connectivity index (χ2n) is 4.92. The first kappa shape index (κ1) is 14.4.